The molecule has 3 fully saturated rings. The molecule has 0 aromatic heterocycles. The van der Waals surface area contributed by atoms with Crippen LogP contribution in [0.3, 0.4) is 0 Å². The van der Waals surface area contributed by atoms with E-state index < -0.39 is 9.84 Å². The average molecular weight is 449 g/mol. The van der Waals surface area contributed by atoms with E-state index in [1.807, 2.05) is 24.0 Å². The number of rotatable bonds is 7. The Morgan fingerprint density at radius 2 is 1.58 bits per heavy atom. The van der Waals surface area contributed by atoms with Crippen LogP contribution in [0.1, 0.15) is 32.6 Å². The smallest absolute Gasteiger partial charge is 0.236 e. The summed E-state index contributed by atoms with van der Waals surface area (Å²) in [7, 11) is -3.17. The zero-order valence-corrected chi connectivity index (χ0v) is 19.5. The van der Waals surface area contributed by atoms with Crippen LogP contribution < -0.4 is 4.90 Å². The molecule has 0 atom stereocenters. The number of carbonyl (C=O) groups is 1. The van der Waals surface area contributed by atoms with Crippen molar-refractivity contribution in [2.45, 2.75) is 43.5 Å². The van der Waals surface area contributed by atoms with Crippen molar-refractivity contribution in [2.75, 3.05) is 69.6 Å². The minimum absolute atomic E-state index is 0.189. The first-order valence-electron chi connectivity index (χ1n) is 11.8. The highest BCUT2D eigenvalue weighted by molar-refractivity contribution is 7.91. The lowest BCUT2D eigenvalue weighted by molar-refractivity contribution is -0.134. The highest BCUT2D eigenvalue weighted by Crippen LogP contribution is 2.25. The molecule has 2 aliphatic heterocycles. The monoisotopic (exact) mass is 448 g/mol. The normalized spacial score (nSPS) is 21.8. The van der Waals surface area contributed by atoms with Crippen LogP contribution >= 0.6 is 0 Å². The maximum atomic E-state index is 12.8. The van der Waals surface area contributed by atoms with Gasteiger partial charge < -0.3 is 9.80 Å². The van der Waals surface area contributed by atoms with Crippen LogP contribution in [0.4, 0.5) is 5.69 Å². The van der Waals surface area contributed by atoms with Gasteiger partial charge in [0.05, 0.1) is 17.2 Å². The summed E-state index contributed by atoms with van der Waals surface area (Å²) in [6, 6.07) is 8.03. The third-order valence-corrected chi connectivity index (χ3v) is 8.96. The van der Waals surface area contributed by atoms with Crippen LogP contribution in [0, 0.1) is 0 Å². The van der Waals surface area contributed by atoms with Gasteiger partial charge in [0, 0.05) is 64.1 Å². The SMILES string of the molecule is CCCS(=O)(=O)c1ccc(N2CCN(CC(=O)N3CCN(C4CCC4)CC3)CC2)cc1. The van der Waals surface area contributed by atoms with Gasteiger partial charge in [-0.05, 0) is 43.5 Å². The van der Waals surface area contributed by atoms with E-state index in [2.05, 4.69) is 14.7 Å². The zero-order chi connectivity index (χ0) is 21.8. The second-order valence-corrected chi connectivity index (χ2v) is 11.2. The standard InChI is InChI=1S/C23H36N4O3S/c1-2-18-31(29,30)22-8-6-21(7-9-22)25-12-10-24(11-13-25)19-23(28)27-16-14-26(15-17-27)20-4-3-5-20/h6-9,20H,2-5,10-19H2,1H3. The topological polar surface area (TPSA) is 64.2 Å². The molecule has 1 aromatic rings. The molecular weight excluding hydrogens is 412 g/mol. The van der Waals surface area contributed by atoms with Crippen LogP contribution in [0.2, 0.25) is 0 Å². The van der Waals surface area contributed by atoms with Crippen molar-refractivity contribution in [3.63, 3.8) is 0 Å². The Kier molecular flexibility index (Phi) is 7.19. The molecule has 1 aliphatic carbocycles. The molecule has 0 N–H and O–H groups in total. The molecule has 2 heterocycles. The molecule has 3 aliphatic rings. The lowest BCUT2D eigenvalue weighted by Gasteiger charge is -2.43. The summed E-state index contributed by atoms with van der Waals surface area (Å²) >= 11 is 0. The molecule has 172 valence electrons. The number of sulfone groups is 1. The van der Waals surface area contributed by atoms with Gasteiger partial charge in [0.1, 0.15) is 0 Å². The van der Waals surface area contributed by atoms with Crippen molar-refractivity contribution in [1.29, 1.82) is 0 Å². The highest BCUT2D eigenvalue weighted by Gasteiger charge is 2.30. The Bertz CT molecular complexity index is 838. The van der Waals surface area contributed by atoms with E-state index in [0.29, 0.717) is 17.9 Å². The summed E-state index contributed by atoms with van der Waals surface area (Å²) < 4.78 is 24.4. The number of amides is 1. The number of nitrogens with zero attached hydrogens (tertiary/aromatic N) is 4. The third kappa shape index (κ3) is 5.41. The van der Waals surface area contributed by atoms with Crippen LogP contribution in [0.5, 0.6) is 0 Å². The molecule has 1 amide bonds. The number of benzene rings is 1. The minimum Gasteiger partial charge on any atom is -0.369 e. The van der Waals surface area contributed by atoms with Crippen LogP contribution in [0.25, 0.3) is 0 Å². The number of piperazine rings is 2. The van der Waals surface area contributed by atoms with Crippen LogP contribution in [-0.4, -0.2) is 99.7 Å². The molecule has 7 nitrogen and oxygen atoms in total. The Morgan fingerprint density at radius 3 is 2.13 bits per heavy atom. The fourth-order valence-electron chi connectivity index (χ4n) is 4.79. The van der Waals surface area contributed by atoms with E-state index in [1.54, 1.807) is 12.1 Å². The molecular formula is C23H36N4O3S. The highest BCUT2D eigenvalue weighted by atomic mass is 32.2. The first kappa shape index (κ1) is 22.6. The predicted molar refractivity (Wildman–Crippen MR) is 123 cm³/mol. The minimum atomic E-state index is -3.17. The van der Waals surface area contributed by atoms with Gasteiger partial charge in [0.25, 0.3) is 0 Å². The summed E-state index contributed by atoms with van der Waals surface area (Å²) in [5.41, 5.74) is 1.05. The summed E-state index contributed by atoms with van der Waals surface area (Å²) in [5.74, 6) is 0.446. The van der Waals surface area contributed by atoms with Crippen molar-refractivity contribution < 1.29 is 13.2 Å². The molecule has 0 unspecified atom stereocenters. The second kappa shape index (κ2) is 9.88. The van der Waals surface area contributed by atoms with Gasteiger partial charge in [0.15, 0.2) is 9.84 Å². The van der Waals surface area contributed by atoms with Gasteiger partial charge in [-0.2, -0.15) is 0 Å². The molecule has 0 radical (unpaired) electrons. The van der Waals surface area contributed by atoms with Gasteiger partial charge >= 0.3 is 0 Å². The zero-order valence-electron chi connectivity index (χ0n) is 18.7. The van der Waals surface area contributed by atoms with E-state index >= 15 is 0 Å². The Hall–Kier alpha value is -1.64. The number of carbonyl (C=O) groups excluding carboxylic acids is 1. The van der Waals surface area contributed by atoms with E-state index in [9.17, 15) is 13.2 Å². The first-order chi connectivity index (χ1) is 15.0. The maximum Gasteiger partial charge on any atom is 0.236 e. The van der Waals surface area contributed by atoms with Crippen molar-refractivity contribution in [3.8, 4) is 0 Å². The molecule has 0 spiro atoms. The number of anilines is 1. The molecule has 8 heteroatoms. The van der Waals surface area contributed by atoms with Gasteiger partial charge in [-0.15, -0.1) is 0 Å². The summed E-state index contributed by atoms with van der Waals surface area (Å²) in [5, 5.41) is 0. The fraction of sp³-hybridized carbons (Fsp3) is 0.696. The van der Waals surface area contributed by atoms with Crippen molar-refractivity contribution in [3.05, 3.63) is 24.3 Å². The molecule has 1 saturated carbocycles. The molecule has 31 heavy (non-hydrogen) atoms. The van der Waals surface area contributed by atoms with Gasteiger partial charge in [-0.25, -0.2) is 8.42 Å². The quantitative estimate of drug-likeness (QED) is 0.633. The molecule has 4 rings (SSSR count). The number of hydrogen-bond donors (Lipinski definition) is 0. The largest absolute Gasteiger partial charge is 0.369 e. The average Bonchev–Trinajstić information content (AvgIpc) is 2.74. The van der Waals surface area contributed by atoms with Gasteiger partial charge in [-0.1, -0.05) is 13.3 Å². The van der Waals surface area contributed by atoms with Crippen LogP contribution in [-0.2, 0) is 14.6 Å². The lowest BCUT2D eigenvalue weighted by Crippen LogP contribution is -2.56. The second-order valence-electron chi connectivity index (χ2n) is 9.08. The van der Waals surface area contributed by atoms with Gasteiger partial charge in [0.2, 0.25) is 5.91 Å². The molecule has 1 aromatic carbocycles. The Balaban J connectivity index is 1.22. The first-order valence-corrected chi connectivity index (χ1v) is 13.4. The van der Waals surface area contributed by atoms with Crippen LogP contribution in [0.15, 0.2) is 29.2 Å². The Labute approximate surface area is 186 Å². The summed E-state index contributed by atoms with van der Waals surface area (Å²) in [6.07, 6.45) is 4.64. The number of hydrogen-bond acceptors (Lipinski definition) is 6. The van der Waals surface area contributed by atoms with E-state index in [1.165, 1.54) is 19.3 Å². The summed E-state index contributed by atoms with van der Waals surface area (Å²) in [4.78, 5) is 22.3. The maximum absolute atomic E-state index is 12.8. The van der Waals surface area contributed by atoms with Crippen molar-refractivity contribution in [1.82, 2.24) is 14.7 Å². The van der Waals surface area contributed by atoms with E-state index in [-0.39, 0.29) is 11.7 Å². The Morgan fingerprint density at radius 1 is 0.935 bits per heavy atom. The predicted octanol–water partition coefficient (Wildman–Crippen LogP) is 1.69. The van der Waals surface area contributed by atoms with Crippen molar-refractivity contribution >= 4 is 21.4 Å². The van der Waals surface area contributed by atoms with E-state index in [4.69, 9.17) is 0 Å². The molecule has 0 bridgehead atoms. The van der Waals surface area contributed by atoms with Gasteiger partial charge in [-0.3, -0.25) is 14.6 Å². The lowest BCUT2D eigenvalue weighted by atomic mass is 9.91. The summed E-state index contributed by atoms with van der Waals surface area (Å²) in [6.45, 7) is 9.56. The fourth-order valence-corrected chi connectivity index (χ4v) is 6.12. The van der Waals surface area contributed by atoms with Crippen molar-refractivity contribution in [2.24, 2.45) is 0 Å². The molecule has 2 saturated heterocycles. The third-order valence-electron chi connectivity index (χ3n) is 7.02. The van der Waals surface area contributed by atoms with E-state index in [0.717, 1.165) is 64.1 Å².